The monoisotopic (exact) mass is 596 g/mol. The quantitative estimate of drug-likeness (QED) is 0.230. The van der Waals surface area contributed by atoms with E-state index in [1.165, 1.54) is 4.90 Å². The van der Waals surface area contributed by atoms with E-state index in [-0.39, 0.29) is 19.4 Å². The van der Waals surface area contributed by atoms with E-state index in [2.05, 4.69) is 17.6 Å². The third kappa shape index (κ3) is 11.6. The van der Waals surface area contributed by atoms with Crippen molar-refractivity contribution in [3.63, 3.8) is 0 Å². The molecule has 4 amide bonds. The second-order valence-electron chi connectivity index (χ2n) is 11.8. The highest BCUT2D eigenvalue weighted by atomic mass is 16.6. The van der Waals surface area contributed by atoms with Crippen LogP contribution in [-0.2, 0) is 19.1 Å². The van der Waals surface area contributed by atoms with Crippen LogP contribution in [0.5, 0.6) is 5.75 Å². The highest BCUT2D eigenvalue weighted by Crippen LogP contribution is 2.29. The number of hydrogen-bond acceptors (Lipinski definition) is 6. The summed E-state index contributed by atoms with van der Waals surface area (Å²) in [6.07, 6.45) is 2.48. The summed E-state index contributed by atoms with van der Waals surface area (Å²) >= 11 is 0. The predicted molar refractivity (Wildman–Crippen MR) is 168 cm³/mol. The number of carbonyl (C=O) groups is 4. The van der Waals surface area contributed by atoms with Crippen LogP contribution in [-0.4, -0.2) is 54.0 Å². The van der Waals surface area contributed by atoms with Gasteiger partial charge in [-0.15, -0.1) is 0 Å². The van der Waals surface area contributed by atoms with Gasteiger partial charge in [0.15, 0.2) is 0 Å². The minimum Gasteiger partial charge on any atom is -0.497 e. The Kier molecular flexibility index (Phi) is 13.5. The molecular formula is C33H48N4O6. The predicted octanol–water partition coefficient (Wildman–Crippen LogP) is 5.56. The molecule has 0 aliphatic rings. The van der Waals surface area contributed by atoms with Gasteiger partial charge in [-0.2, -0.15) is 0 Å². The first-order valence-electron chi connectivity index (χ1n) is 14.9. The Balaban J connectivity index is 2.60. The number of carbonyl (C=O) groups excluding carboxylic acids is 4. The number of nitrogens with two attached hydrogens (primary N) is 1. The third-order valence-electron chi connectivity index (χ3n) is 6.85. The lowest BCUT2D eigenvalue weighted by atomic mass is 9.95. The Morgan fingerprint density at radius 1 is 0.977 bits per heavy atom. The molecule has 10 heteroatoms. The summed E-state index contributed by atoms with van der Waals surface area (Å²) in [5, 5.41) is 5.60. The normalized spacial score (nSPS) is 12.5. The lowest BCUT2D eigenvalue weighted by Crippen LogP contribution is -2.53. The number of nitrogens with zero attached hydrogens (tertiary/aromatic N) is 1. The number of benzene rings is 2. The maximum atomic E-state index is 14.4. The van der Waals surface area contributed by atoms with Crippen molar-refractivity contribution in [2.24, 2.45) is 5.73 Å². The molecule has 4 N–H and O–H groups in total. The van der Waals surface area contributed by atoms with Crippen LogP contribution in [0.1, 0.15) is 89.0 Å². The fourth-order valence-corrected chi connectivity index (χ4v) is 4.66. The Morgan fingerprint density at radius 3 is 2.23 bits per heavy atom. The van der Waals surface area contributed by atoms with Crippen LogP contribution < -0.4 is 21.1 Å². The first-order chi connectivity index (χ1) is 20.2. The fourth-order valence-electron chi connectivity index (χ4n) is 4.66. The molecule has 2 aromatic carbocycles. The van der Waals surface area contributed by atoms with E-state index in [9.17, 15) is 19.2 Å². The van der Waals surface area contributed by atoms with E-state index in [0.717, 1.165) is 30.4 Å². The molecule has 10 nitrogen and oxygen atoms in total. The highest BCUT2D eigenvalue weighted by Gasteiger charge is 2.37. The first-order valence-corrected chi connectivity index (χ1v) is 14.9. The van der Waals surface area contributed by atoms with E-state index >= 15 is 0 Å². The van der Waals surface area contributed by atoms with Gasteiger partial charge in [0.1, 0.15) is 23.4 Å². The van der Waals surface area contributed by atoms with Crippen molar-refractivity contribution in [2.45, 2.75) is 97.8 Å². The number of unbranched alkanes of at least 4 members (excludes halogenated alkanes) is 3. The number of primary amides is 1. The van der Waals surface area contributed by atoms with Crippen molar-refractivity contribution in [3.05, 3.63) is 59.2 Å². The Labute approximate surface area is 255 Å². The Morgan fingerprint density at radius 2 is 1.65 bits per heavy atom. The summed E-state index contributed by atoms with van der Waals surface area (Å²) < 4.78 is 10.7. The topological polar surface area (TPSA) is 140 Å². The summed E-state index contributed by atoms with van der Waals surface area (Å²) in [4.78, 5) is 54.6. The van der Waals surface area contributed by atoms with Crippen LogP contribution in [0.15, 0.2) is 42.5 Å². The van der Waals surface area contributed by atoms with Crippen LogP contribution in [0, 0.1) is 13.8 Å². The van der Waals surface area contributed by atoms with Gasteiger partial charge in [0.05, 0.1) is 7.11 Å². The smallest absolute Gasteiger partial charge is 0.408 e. The minimum absolute atomic E-state index is 0.0432. The van der Waals surface area contributed by atoms with Crippen molar-refractivity contribution in [2.75, 3.05) is 19.0 Å². The van der Waals surface area contributed by atoms with E-state index in [4.69, 9.17) is 15.2 Å². The first kappa shape index (κ1) is 35.1. The zero-order valence-electron chi connectivity index (χ0n) is 26.6. The molecule has 0 spiro atoms. The summed E-state index contributed by atoms with van der Waals surface area (Å²) in [6, 6.07) is 10.5. The van der Waals surface area contributed by atoms with Gasteiger partial charge in [0, 0.05) is 18.7 Å². The van der Waals surface area contributed by atoms with Crippen LogP contribution in [0.25, 0.3) is 0 Å². The van der Waals surface area contributed by atoms with E-state index in [0.29, 0.717) is 23.4 Å². The SMILES string of the molecule is CCCCCCN(C(=O)C(CCC(N)=O)NC(=O)OC(C)(C)C)C(C(=O)Nc1ccc(OC)cc1)c1cc(C)ccc1C. The van der Waals surface area contributed by atoms with Crippen LogP contribution in [0.4, 0.5) is 10.5 Å². The van der Waals surface area contributed by atoms with Gasteiger partial charge in [-0.05, 0) is 82.9 Å². The number of anilines is 1. The van der Waals surface area contributed by atoms with Crippen molar-refractivity contribution >= 4 is 29.5 Å². The lowest BCUT2D eigenvalue weighted by molar-refractivity contribution is -0.141. The van der Waals surface area contributed by atoms with E-state index < -0.39 is 41.5 Å². The van der Waals surface area contributed by atoms with Crippen LogP contribution >= 0.6 is 0 Å². The molecule has 236 valence electrons. The third-order valence-corrected chi connectivity index (χ3v) is 6.85. The Bertz CT molecular complexity index is 1240. The molecule has 2 atom stereocenters. The number of nitrogens with one attached hydrogen (secondary N) is 2. The van der Waals surface area contributed by atoms with Gasteiger partial charge >= 0.3 is 6.09 Å². The molecule has 0 fully saturated rings. The number of aryl methyl sites for hydroxylation is 2. The van der Waals surface area contributed by atoms with Gasteiger partial charge in [0.25, 0.3) is 5.91 Å². The second kappa shape index (κ2) is 16.5. The zero-order valence-corrected chi connectivity index (χ0v) is 26.6. The molecule has 0 saturated heterocycles. The second-order valence-corrected chi connectivity index (χ2v) is 11.8. The van der Waals surface area contributed by atoms with Gasteiger partial charge in [-0.25, -0.2) is 4.79 Å². The maximum Gasteiger partial charge on any atom is 0.408 e. The largest absolute Gasteiger partial charge is 0.497 e. The van der Waals surface area contributed by atoms with Gasteiger partial charge in [0.2, 0.25) is 11.8 Å². The molecule has 2 aromatic rings. The molecule has 2 unspecified atom stereocenters. The molecular weight excluding hydrogens is 548 g/mol. The summed E-state index contributed by atoms with van der Waals surface area (Å²) in [7, 11) is 1.56. The van der Waals surface area contributed by atoms with Gasteiger partial charge < -0.3 is 30.7 Å². The van der Waals surface area contributed by atoms with Gasteiger partial charge in [-0.3, -0.25) is 14.4 Å². The summed E-state index contributed by atoms with van der Waals surface area (Å²) in [6.45, 7) is 11.3. The molecule has 0 aromatic heterocycles. The summed E-state index contributed by atoms with van der Waals surface area (Å²) in [5.74, 6) is -0.878. The molecule has 0 radical (unpaired) electrons. The minimum atomic E-state index is -1.14. The number of alkyl carbamates (subject to hydrolysis) is 1. The van der Waals surface area contributed by atoms with Crippen molar-refractivity contribution in [1.29, 1.82) is 0 Å². The fraction of sp³-hybridized carbons (Fsp3) is 0.515. The van der Waals surface area contributed by atoms with Crippen LogP contribution in [0.2, 0.25) is 0 Å². The maximum absolute atomic E-state index is 14.4. The number of hydrogen-bond donors (Lipinski definition) is 3. The molecule has 0 saturated carbocycles. The average Bonchev–Trinajstić information content (AvgIpc) is 2.93. The molecule has 0 bridgehead atoms. The number of methoxy groups -OCH3 is 1. The van der Waals surface area contributed by atoms with Crippen molar-refractivity contribution in [1.82, 2.24) is 10.2 Å². The lowest BCUT2D eigenvalue weighted by Gasteiger charge is -2.35. The van der Waals surface area contributed by atoms with Gasteiger partial charge in [-0.1, -0.05) is 49.9 Å². The number of rotatable bonds is 15. The molecule has 0 aliphatic heterocycles. The van der Waals surface area contributed by atoms with E-state index in [1.807, 2.05) is 32.0 Å². The Hall–Kier alpha value is -4.08. The molecule has 43 heavy (non-hydrogen) atoms. The average molecular weight is 597 g/mol. The number of ether oxygens (including phenoxy) is 2. The van der Waals surface area contributed by atoms with E-state index in [1.54, 1.807) is 52.1 Å². The molecule has 0 aliphatic carbocycles. The molecule has 0 heterocycles. The summed E-state index contributed by atoms with van der Waals surface area (Å²) in [5.41, 5.74) is 7.59. The van der Waals surface area contributed by atoms with Crippen LogP contribution in [0.3, 0.4) is 0 Å². The zero-order chi connectivity index (χ0) is 32.2. The number of amides is 4. The van der Waals surface area contributed by atoms with Crippen molar-refractivity contribution in [3.8, 4) is 5.75 Å². The molecule has 2 rings (SSSR count). The standard InChI is InChI=1S/C33H48N4O6/c1-8-9-10-11-20-37(31(40)27(18-19-28(34)38)36-32(41)43-33(4,5)6)29(26-21-22(2)12-13-23(26)3)30(39)35-24-14-16-25(42-7)17-15-24/h12-17,21,27,29H,8-11,18-20H2,1-7H3,(H2,34,38)(H,35,39)(H,36,41). The van der Waals surface area contributed by atoms with Crippen molar-refractivity contribution < 1.29 is 28.7 Å². The highest BCUT2D eigenvalue weighted by molar-refractivity contribution is 5.99.